The molecule has 110 valence electrons. The van der Waals surface area contributed by atoms with Gasteiger partial charge in [0.1, 0.15) is 0 Å². The molecule has 0 aliphatic heterocycles. The monoisotopic (exact) mass is 330 g/mol. The van der Waals surface area contributed by atoms with Gasteiger partial charge in [-0.05, 0) is 44.3 Å². The van der Waals surface area contributed by atoms with Crippen molar-refractivity contribution in [2.75, 3.05) is 0 Å². The third kappa shape index (κ3) is 2.54. The van der Waals surface area contributed by atoms with E-state index in [1.165, 1.54) is 32.7 Å². The van der Waals surface area contributed by atoms with Gasteiger partial charge in [0.05, 0.1) is 4.20 Å². The molecule has 0 saturated carbocycles. The second kappa shape index (κ2) is 5.80. The lowest BCUT2D eigenvalue weighted by molar-refractivity contribution is 1.65. The molecule has 0 aliphatic carbocycles. The fourth-order valence-corrected chi connectivity index (χ4v) is 3.39. The van der Waals surface area contributed by atoms with Crippen LogP contribution in [0.15, 0.2) is 78.9 Å². The van der Waals surface area contributed by atoms with Gasteiger partial charge in [-0.2, -0.15) is 0 Å². The van der Waals surface area contributed by atoms with Crippen LogP contribution in [0.4, 0.5) is 0 Å². The normalized spacial score (nSPS) is 11.0. The van der Waals surface area contributed by atoms with Crippen molar-refractivity contribution in [2.45, 2.75) is 0 Å². The molecule has 0 aliphatic rings. The van der Waals surface area contributed by atoms with Crippen molar-refractivity contribution < 1.29 is 0 Å². The largest absolute Gasteiger partial charge is 0.131 e. The number of hydrogen-bond acceptors (Lipinski definition) is 1. The van der Waals surface area contributed by atoms with Crippen LogP contribution in [0.1, 0.15) is 5.56 Å². The summed E-state index contributed by atoms with van der Waals surface area (Å²) in [6.45, 7) is 0. The van der Waals surface area contributed by atoms with Gasteiger partial charge in [-0.25, -0.2) is 0 Å². The minimum atomic E-state index is 0.624. The van der Waals surface area contributed by atoms with Gasteiger partial charge < -0.3 is 0 Å². The van der Waals surface area contributed by atoms with Gasteiger partial charge in [-0.15, -0.1) is 12.6 Å². The summed E-state index contributed by atoms with van der Waals surface area (Å²) in [6, 6.07) is 27.7. The quantitative estimate of drug-likeness (QED) is 0.257. The van der Waals surface area contributed by atoms with Crippen LogP contribution in [0, 0.1) is 0 Å². The first-order chi connectivity index (χ1) is 11.2. The zero-order valence-corrected chi connectivity index (χ0v) is 14.1. The fourth-order valence-electron chi connectivity index (χ4n) is 3.10. The number of thiol groups is 1. The van der Waals surface area contributed by atoms with E-state index in [4.69, 9.17) is 12.2 Å². The summed E-state index contributed by atoms with van der Waals surface area (Å²) in [5, 5.41) is 5.06. The topological polar surface area (TPSA) is 0 Å². The maximum absolute atomic E-state index is 5.14. The van der Waals surface area contributed by atoms with E-state index in [2.05, 4.69) is 79.4 Å². The van der Waals surface area contributed by atoms with E-state index in [-0.39, 0.29) is 0 Å². The maximum Gasteiger partial charge on any atom is 0.0747 e. The second-order valence-corrected chi connectivity index (χ2v) is 6.73. The molecule has 0 saturated heterocycles. The molecule has 4 aromatic rings. The molecular formula is C21H14S2. The predicted molar refractivity (Wildman–Crippen MR) is 108 cm³/mol. The van der Waals surface area contributed by atoms with E-state index in [9.17, 15) is 0 Å². The van der Waals surface area contributed by atoms with Crippen molar-refractivity contribution in [1.29, 1.82) is 0 Å². The summed E-state index contributed by atoms with van der Waals surface area (Å²) in [5.41, 5.74) is 3.46. The third-order valence-electron chi connectivity index (χ3n) is 4.19. The van der Waals surface area contributed by atoms with Crippen LogP contribution in [-0.2, 0) is 0 Å². The van der Waals surface area contributed by atoms with Crippen LogP contribution in [0.2, 0.25) is 0 Å². The van der Waals surface area contributed by atoms with Crippen LogP contribution in [0.25, 0.3) is 32.7 Å². The summed E-state index contributed by atoms with van der Waals surface area (Å²) in [6.07, 6.45) is 0. The first-order valence-electron chi connectivity index (χ1n) is 7.48. The van der Waals surface area contributed by atoms with Crippen molar-refractivity contribution in [3.63, 3.8) is 0 Å². The van der Waals surface area contributed by atoms with Gasteiger partial charge in [-0.1, -0.05) is 85.0 Å². The highest BCUT2D eigenvalue weighted by Crippen LogP contribution is 2.36. The maximum atomic E-state index is 5.14. The summed E-state index contributed by atoms with van der Waals surface area (Å²) >= 11 is 9.40. The Balaban J connectivity index is 2.08. The summed E-state index contributed by atoms with van der Waals surface area (Å²) in [4.78, 5) is 0. The molecule has 0 aromatic heterocycles. The third-order valence-corrected chi connectivity index (χ3v) is 4.69. The number of benzene rings is 4. The van der Waals surface area contributed by atoms with Crippen LogP contribution < -0.4 is 0 Å². The van der Waals surface area contributed by atoms with Gasteiger partial charge in [0.2, 0.25) is 0 Å². The number of thiocarbonyl (C=S) groups is 1. The molecular weight excluding hydrogens is 316 g/mol. The molecule has 0 radical (unpaired) electrons. The van der Waals surface area contributed by atoms with Crippen LogP contribution >= 0.6 is 24.8 Å². The first-order valence-corrected chi connectivity index (χ1v) is 8.34. The van der Waals surface area contributed by atoms with E-state index in [0.717, 1.165) is 5.56 Å². The van der Waals surface area contributed by atoms with Crippen molar-refractivity contribution in [3.05, 3.63) is 84.4 Å². The Hall–Kier alpha value is -2.16. The molecule has 0 atom stereocenters. The van der Waals surface area contributed by atoms with E-state index >= 15 is 0 Å². The first kappa shape index (κ1) is 14.4. The van der Waals surface area contributed by atoms with E-state index < -0.39 is 0 Å². The van der Waals surface area contributed by atoms with Gasteiger partial charge in [-0.3, -0.25) is 0 Å². The van der Waals surface area contributed by atoms with Gasteiger partial charge >= 0.3 is 0 Å². The standard InChI is InChI=1S/C21H14S2/c22-21(23)15-11-9-14(10-12-15)20-18-7-3-1-5-16(18)13-17-6-2-4-8-19(17)20/h1-13H,(H,22,23). The van der Waals surface area contributed by atoms with Crippen LogP contribution in [0.3, 0.4) is 0 Å². The summed E-state index contributed by atoms with van der Waals surface area (Å²) in [5.74, 6) is 0. The smallest absolute Gasteiger partial charge is 0.0747 e. The molecule has 0 nitrogen and oxygen atoms in total. The van der Waals surface area contributed by atoms with Crippen LogP contribution in [0.5, 0.6) is 0 Å². The second-order valence-electron chi connectivity index (χ2n) is 5.58. The summed E-state index contributed by atoms with van der Waals surface area (Å²) in [7, 11) is 0. The molecule has 2 heteroatoms. The Morgan fingerprint density at radius 1 is 0.696 bits per heavy atom. The Morgan fingerprint density at radius 2 is 1.22 bits per heavy atom. The average Bonchev–Trinajstić information content (AvgIpc) is 2.59. The predicted octanol–water partition coefficient (Wildman–Crippen LogP) is 6.27. The molecule has 0 fully saturated rings. The zero-order chi connectivity index (χ0) is 15.8. The number of rotatable bonds is 2. The lowest BCUT2D eigenvalue weighted by Gasteiger charge is -2.12. The summed E-state index contributed by atoms with van der Waals surface area (Å²) < 4.78 is 0.624. The van der Waals surface area contributed by atoms with Crippen LogP contribution in [-0.4, -0.2) is 4.20 Å². The van der Waals surface area contributed by atoms with E-state index in [0.29, 0.717) is 4.20 Å². The molecule has 4 aromatic carbocycles. The van der Waals surface area contributed by atoms with E-state index in [1.54, 1.807) is 0 Å². The zero-order valence-electron chi connectivity index (χ0n) is 12.4. The molecule has 0 amide bonds. The van der Waals surface area contributed by atoms with Crippen molar-refractivity contribution >= 4 is 50.6 Å². The Morgan fingerprint density at radius 3 is 1.74 bits per heavy atom. The SMILES string of the molecule is S=C(S)c1ccc(-c2c3ccccc3cc3ccccc23)cc1. The van der Waals surface area contributed by atoms with Crippen molar-refractivity contribution in [2.24, 2.45) is 0 Å². The van der Waals surface area contributed by atoms with Crippen molar-refractivity contribution in [1.82, 2.24) is 0 Å². The number of fused-ring (bicyclic) bond motifs is 2. The highest BCUT2D eigenvalue weighted by Gasteiger charge is 2.09. The Labute approximate surface area is 146 Å². The van der Waals surface area contributed by atoms with Gasteiger partial charge in [0, 0.05) is 0 Å². The molecule has 0 bridgehead atoms. The number of hydrogen-bond donors (Lipinski definition) is 1. The average molecular weight is 330 g/mol. The van der Waals surface area contributed by atoms with Crippen molar-refractivity contribution in [3.8, 4) is 11.1 Å². The van der Waals surface area contributed by atoms with Gasteiger partial charge in [0.25, 0.3) is 0 Å². The lowest BCUT2D eigenvalue weighted by Crippen LogP contribution is -1.89. The molecule has 0 spiro atoms. The fraction of sp³-hybridized carbons (Fsp3) is 0. The molecule has 0 heterocycles. The van der Waals surface area contributed by atoms with Gasteiger partial charge in [0.15, 0.2) is 0 Å². The minimum Gasteiger partial charge on any atom is -0.131 e. The molecule has 0 N–H and O–H groups in total. The molecule has 4 rings (SSSR count). The van der Waals surface area contributed by atoms with E-state index in [1.807, 2.05) is 12.1 Å². The highest BCUT2D eigenvalue weighted by molar-refractivity contribution is 8.11. The minimum absolute atomic E-state index is 0.624. The highest BCUT2D eigenvalue weighted by atomic mass is 32.1. The Kier molecular flexibility index (Phi) is 3.64. The molecule has 23 heavy (non-hydrogen) atoms. The Bertz CT molecular complexity index is 977. The molecule has 0 unspecified atom stereocenters. The lowest BCUT2D eigenvalue weighted by atomic mass is 9.92.